The first kappa shape index (κ1) is 16.4. The minimum atomic E-state index is -0.178. The monoisotopic (exact) mass is 426 g/mol. The van der Waals surface area contributed by atoms with Gasteiger partial charge in [0.15, 0.2) is 0 Å². The molecule has 1 N–H and O–H groups in total. The van der Waals surface area contributed by atoms with Gasteiger partial charge < -0.3 is 5.32 Å². The summed E-state index contributed by atoms with van der Waals surface area (Å²) in [6.07, 6.45) is 3.78. The van der Waals surface area contributed by atoms with Crippen LogP contribution in [0.4, 0.5) is 5.69 Å². The second-order valence-corrected chi connectivity index (χ2v) is 7.38. The molecular weight excluding hydrogens is 407 g/mol. The van der Waals surface area contributed by atoms with Crippen LogP contribution in [0.1, 0.15) is 32.1 Å². The average Bonchev–Trinajstić information content (AvgIpc) is 2.77. The number of carbonyl (C=O) groups excluding carboxylic acids is 3. The van der Waals surface area contributed by atoms with Gasteiger partial charge in [-0.25, -0.2) is 0 Å². The Bertz CT molecular complexity index is 622. The number of hydrogen-bond donors (Lipinski definition) is 1. The minimum absolute atomic E-state index is 0.0817. The Morgan fingerprint density at radius 2 is 1.83 bits per heavy atom. The number of fused-ring (bicyclic) bond motifs is 1. The van der Waals surface area contributed by atoms with Crippen LogP contribution in [0.5, 0.6) is 0 Å². The fraction of sp³-hybridized carbons (Fsp3) is 0.471. The van der Waals surface area contributed by atoms with Gasteiger partial charge >= 0.3 is 0 Å². The van der Waals surface area contributed by atoms with Gasteiger partial charge in [-0.3, -0.25) is 19.3 Å². The lowest BCUT2D eigenvalue weighted by Crippen LogP contribution is -2.34. The molecule has 2 atom stereocenters. The quantitative estimate of drug-likeness (QED) is 0.595. The van der Waals surface area contributed by atoms with Gasteiger partial charge in [0.2, 0.25) is 17.7 Å². The van der Waals surface area contributed by atoms with E-state index in [1.165, 1.54) is 4.90 Å². The number of benzene rings is 1. The third kappa shape index (κ3) is 3.57. The van der Waals surface area contributed by atoms with Crippen LogP contribution in [0.25, 0.3) is 0 Å². The van der Waals surface area contributed by atoms with E-state index in [9.17, 15) is 14.4 Å². The number of amides is 3. The smallest absolute Gasteiger partial charge is 0.233 e. The van der Waals surface area contributed by atoms with E-state index >= 15 is 0 Å². The molecule has 0 spiro atoms. The van der Waals surface area contributed by atoms with E-state index in [0.29, 0.717) is 0 Å². The van der Waals surface area contributed by atoms with Crippen molar-refractivity contribution in [3.8, 4) is 0 Å². The fourth-order valence-electron chi connectivity index (χ4n) is 3.45. The van der Waals surface area contributed by atoms with Crippen LogP contribution in [0, 0.1) is 15.4 Å². The maximum Gasteiger partial charge on any atom is 0.233 e. The Kier molecular flexibility index (Phi) is 4.99. The molecule has 1 saturated carbocycles. The summed E-state index contributed by atoms with van der Waals surface area (Å²) in [6.45, 7) is 0.181. The average molecular weight is 426 g/mol. The van der Waals surface area contributed by atoms with E-state index in [1.807, 2.05) is 24.3 Å². The summed E-state index contributed by atoms with van der Waals surface area (Å²) in [4.78, 5) is 38.0. The number of rotatable bonds is 4. The van der Waals surface area contributed by atoms with Gasteiger partial charge in [-0.1, -0.05) is 18.9 Å². The van der Waals surface area contributed by atoms with E-state index in [0.717, 1.165) is 34.9 Å². The predicted octanol–water partition coefficient (Wildman–Crippen LogP) is 2.80. The lowest BCUT2D eigenvalue weighted by atomic mass is 9.81. The van der Waals surface area contributed by atoms with Crippen molar-refractivity contribution in [2.75, 3.05) is 11.9 Å². The summed E-state index contributed by atoms with van der Waals surface area (Å²) < 4.78 is 1.04. The highest BCUT2D eigenvalue weighted by atomic mass is 127. The van der Waals surface area contributed by atoms with Gasteiger partial charge in [0.1, 0.15) is 0 Å². The van der Waals surface area contributed by atoms with Gasteiger partial charge in [-0.05, 0) is 53.6 Å². The van der Waals surface area contributed by atoms with Gasteiger partial charge in [-0.15, -0.1) is 0 Å². The molecule has 0 aromatic heterocycles. The molecule has 0 unspecified atom stereocenters. The zero-order valence-electron chi connectivity index (χ0n) is 12.8. The summed E-state index contributed by atoms with van der Waals surface area (Å²) in [5, 5.41) is 2.81. The molecule has 2 aliphatic rings. The summed E-state index contributed by atoms with van der Waals surface area (Å²) in [6, 6.07) is 7.51. The molecule has 6 heteroatoms. The molecular formula is C17H19IN2O3. The van der Waals surface area contributed by atoms with Crippen LogP contribution >= 0.6 is 22.6 Å². The first-order chi connectivity index (χ1) is 11.1. The summed E-state index contributed by atoms with van der Waals surface area (Å²) >= 11 is 2.18. The van der Waals surface area contributed by atoms with Crippen LogP contribution in [0.15, 0.2) is 24.3 Å². The number of halogens is 1. The standard InChI is InChI=1S/C17H19IN2O3/c18-11-4-3-5-12(10-11)19-15(21)8-9-20-16(22)13-6-1-2-7-14(13)17(20)23/h3-5,10,13-14H,1-2,6-9H2,(H,19,21)/t13-,14+. The van der Waals surface area contributed by atoms with E-state index in [4.69, 9.17) is 0 Å². The first-order valence-electron chi connectivity index (χ1n) is 7.97. The summed E-state index contributed by atoms with van der Waals surface area (Å²) in [5.74, 6) is -0.629. The van der Waals surface area contributed by atoms with Crippen molar-refractivity contribution in [1.29, 1.82) is 0 Å². The Morgan fingerprint density at radius 1 is 1.17 bits per heavy atom. The molecule has 5 nitrogen and oxygen atoms in total. The number of hydrogen-bond acceptors (Lipinski definition) is 3. The number of likely N-dealkylation sites (tertiary alicyclic amines) is 1. The van der Waals surface area contributed by atoms with Crippen molar-refractivity contribution in [2.45, 2.75) is 32.1 Å². The summed E-state index contributed by atoms with van der Waals surface area (Å²) in [7, 11) is 0. The van der Waals surface area contributed by atoms with E-state index in [2.05, 4.69) is 27.9 Å². The van der Waals surface area contributed by atoms with Gasteiger partial charge in [0.25, 0.3) is 0 Å². The van der Waals surface area contributed by atoms with Crippen molar-refractivity contribution in [3.05, 3.63) is 27.8 Å². The number of carbonyl (C=O) groups is 3. The third-order valence-electron chi connectivity index (χ3n) is 4.60. The topological polar surface area (TPSA) is 66.5 Å². The van der Waals surface area contributed by atoms with Crippen molar-refractivity contribution in [3.63, 3.8) is 0 Å². The zero-order valence-corrected chi connectivity index (χ0v) is 14.9. The number of anilines is 1. The normalized spacial score (nSPS) is 23.8. The van der Waals surface area contributed by atoms with E-state index < -0.39 is 0 Å². The molecule has 3 amide bonds. The molecule has 1 heterocycles. The highest BCUT2D eigenvalue weighted by Crippen LogP contribution is 2.37. The molecule has 1 saturated heterocycles. The van der Waals surface area contributed by atoms with Gasteiger partial charge in [0.05, 0.1) is 11.8 Å². The third-order valence-corrected chi connectivity index (χ3v) is 5.27. The first-order valence-corrected chi connectivity index (χ1v) is 9.05. The van der Waals surface area contributed by atoms with Gasteiger partial charge in [-0.2, -0.15) is 0 Å². The van der Waals surface area contributed by atoms with Crippen molar-refractivity contribution in [2.24, 2.45) is 11.8 Å². The molecule has 1 aromatic rings. The molecule has 122 valence electrons. The Labute approximate surface area is 148 Å². The molecule has 1 aliphatic heterocycles. The molecule has 0 bridgehead atoms. The maximum atomic E-state index is 12.3. The van der Waals surface area contributed by atoms with Crippen molar-refractivity contribution >= 4 is 46.0 Å². The second-order valence-electron chi connectivity index (χ2n) is 6.13. The Balaban J connectivity index is 1.56. The molecule has 2 fully saturated rings. The van der Waals surface area contributed by atoms with Crippen molar-refractivity contribution < 1.29 is 14.4 Å². The predicted molar refractivity (Wildman–Crippen MR) is 94.6 cm³/mol. The second kappa shape index (κ2) is 6.98. The SMILES string of the molecule is O=C(CCN1C(=O)[C@H]2CCCC[C@H]2C1=O)Nc1cccc(I)c1. The fourth-order valence-corrected chi connectivity index (χ4v) is 4.00. The lowest BCUT2D eigenvalue weighted by Gasteiger charge is -2.19. The highest BCUT2D eigenvalue weighted by Gasteiger charge is 2.47. The maximum absolute atomic E-state index is 12.3. The molecule has 3 rings (SSSR count). The number of nitrogens with one attached hydrogen (secondary N) is 1. The van der Waals surface area contributed by atoms with Crippen LogP contribution < -0.4 is 5.32 Å². The van der Waals surface area contributed by atoms with Crippen LogP contribution in [-0.4, -0.2) is 29.2 Å². The lowest BCUT2D eigenvalue weighted by molar-refractivity contribution is -0.140. The number of imide groups is 1. The molecule has 1 aliphatic carbocycles. The zero-order chi connectivity index (χ0) is 16.4. The Morgan fingerprint density at radius 3 is 2.43 bits per heavy atom. The minimum Gasteiger partial charge on any atom is -0.326 e. The van der Waals surface area contributed by atoms with Crippen LogP contribution in [-0.2, 0) is 14.4 Å². The van der Waals surface area contributed by atoms with Crippen LogP contribution in [0.3, 0.4) is 0 Å². The highest BCUT2D eigenvalue weighted by molar-refractivity contribution is 14.1. The number of nitrogens with zero attached hydrogens (tertiary/aromatic N) is 1. The van der Waals surface area contributed by atoms with Crippen molar-refractivity contribution in [1.82, 2.24) is 4.90 Å². The Hall–Kier alpha value is -1.44. The van der Waals surface area contributed by atoms with Gasteiger partial charge in [0, 0.05) is 22.2 Å². The largest absolute Gasteiger partial charge is 0.326 e. The van der Waals surface area contributed by atoms with Crippen LogP contribution in [0.2, 0.25) is 0 Å². The van der Waals surface area contributed by atoms with E-state index in [-0.39, 0.29) is 42.5 Å². The molecule has 0 radical (unpaired) electrons. The summed E-state index contributed by atoms with van der Waals surface area (Å²) in [5.41, 5.74) is 0.731. The van der Waals surface area contributed by atoms with E-state index in [1.54, 1.807) is 0 Å². The molecule has 23 heavy (non-hydrogen) atoms. The molecule has 1 aromatic carbocycles.